The van der Waals surface area contributed by atoms with Crippen LogP contribution >= 0.6 is 11.3 Å². The first-order valence-electron chi connectivity index (χ1n) is 5.47. The van der Waals surface area contributed by atoms with E-state index in [1.54, 1.807) is 5.38 Å². The average Bonchev–Trinajstić information content (AvgIpc) is 2.63. The number of hydrogen-bond donors (Lipinski definition) is 1. The molecule has 1 unspecified atom stereocenters. The second-order valence-corrected chi connectivity index (χ2v) is 8.44. The largest absolute Gasteiger partial charge is 0.395 e. The van der Waals surface area contributed by atoms with Crippen molar-refractivity contribution < 1.29 is 14.1 Å². The van der Waals surface area contributed by atoms with Crippen LogP contribution in [0.2, 0.25) is 0 Å². The van der Waals surface area contributed by atoms with Gasteiger partial charge in [0.05, 0.1) is 27.1 Å². The zero-order valence-electron chi connectivity index (χ0n) is 11.0. The lowest BCUT2D eigenvalue weighted by atomic mass is 9.98. The maximum absolute atomic E-state index is 11.8. The number of hydrogen-bond acceptors (Lipinski definition) is 5. The summed E-state index contributed by atoms with van der Waals surface area (Å²) < 4.78 is 15.4. The van der Waals surface area contributed by atoms with Gasteiger partial charge in [-0.05, 0) is 0 Å². The van der Waals surface area contributed by atoms with Crippen LogP contribution in [0.25, 0.3) is 0 Å². The zero-order valence-corrected chi connectivity index (χ0v) is 12.6. The summed E-state index contributed by atoms with van der Waals surface area (Å²) in [6.45, 7) is 5.76. The molecule has 0 aliphatic heterocycles. The SMILES string of the molecule is CC(C)(C)c1nc(C(=O)N=S(C)(=O)CCO)cs1. The molecule has 1 heterocycles. The highest BCUT2D eigenvalue weighted by molar-refractivity contribution is 7.93. The molecule has 0 spiro atoms. The van der Waals surface area contributed by atoms with Gasteiger partial charge in [-0.3, -0.25) is 4.79 Å². The van der Waals surface area contributed by atoms with Crippen LogP contribution in [0, 0.1) is 0 Å². The van der Waals surface area contributed by atoms with Gasteiger partial charge >= 0.3 is 5.91 Å². The Morgan fingerprint density at radius 2 is 2.17 bits per heavy atom. The first-order chi connectivity index (χ1) is 8.15. The van der Waals surface area contributed by atoms with Crippen LogP contribution in [0.5, 0.6) is 0 Å². The van der Waals surface area contributed by atoms with Gasteiger partial charge in [0.2, 0.25) is 0 Å². The first kappa shape index (κ1) is 15.3. The number of nitrogens with zero attached hydrogens (tertiary/aromatic N) is 2. The highest BCUT2D eigenvalue weighted by Crippen LogP contribution is 2.25. The molecule has 0 aliphatic rings. The summed E-state index contributed by atoms with van der Waals surface area (Å²) in [6.07, 6.45) is 1.36. The van der Waals surface area contributed by atoms with E-state index in [-0.39, 0.29) is 23.5 Å². The molecule has 5 nitrogen and oxygen atoms in total. The van der Waals surface area contributed by atoms with Crippen molar-refractivity contribution in [3.63, 3.8) is 0 Å². The maximum atomic E-state index is 11.8. The molecule has 1 N–H and O–H groups in total. The molecule has 1 atom stereocenters. The Bertz CT molecular complexity index is 549. The number of aromatic nitrogens is 1. The number of thiazole rings is 1. The van der Waals surface area contributed by atoms with Gasteiger partial charge in [0.15, 0.2) is 0 Å². The fourth-order valence-electron chi connectivity index (χ4n) is 1.15. The molecule has 0 radical (unpaired) electrons. The molecule has 0 aromatic carbocycles. The number of rotatable bonds is 3. The van der Waals surface area contributed by atoms with E-state index in [2.05, 4.69) is 9.35 Å². The quantitative estimate of drug-likeness (QED) is 0.918. The van der Waals surface area contributed by atoms with Crippen molar-refractivity contribution in [3.8, 4) is 0 Å². The number of amides is 1. The van der Waals surface area contributed by atoms with Gasteiger partial charge in [0.25, 0.3) is 0 Å². The Labute approximate surface area is 111 Å². The lowest BCUT2D eigenvalue weighted by Crippen LogP contribution is -2.12. The van der Waals surface area contributed by atoms with Crippen LogP contribution in [-0.4, -0.2) is 38.8 Å². The smallest absolute Gasteiger partial charge is 0.304 e. The van der Waals surface area contributed by atoms with Crippen LogP contribution < -0.4 is 0 Å². The van der Waals surface area contributed by atoms with Crippen LogP contribution in [0.3, 0.4) is 0 Å². The molecule has 102 valence electrons. The van der Waals surface area contributed by atoms with Crippen molar-refractivity contribution in [1.29, 1.82) is 0 Å². The zero-order chi connectivity index (χ0) is 14.0. The summed E-state index contributed by atoms with van der Waals surface area (Å²) in [7, 11) is -2.67. The van der Waals surface area contributed by atoms with E-state index >= 15 is 0 Å². The summed E-state index contributed by atoms with van der Waals surface area (Å²) in [5.41, 5.74) is 0.0968. The van der Waals surface area contributed by atoms with Crippen molar-refractivity contribution in [3.05, 3.63) is 16.1 Å². The predicted octanol–water partition coefficient (Wildman–Crippen LogP) is 1.67. The fourth-order valence-corrected chi connectivity index (χ4v) is 2.91. The molecule has 1 rings (SSSR count). The second-order valence-electron chi connectivity index (χ2n) is 5.07. The van der Waals surface area contributed by atoms with Crippen molar-refractivity contribution in [2.45, 2.75) is 26.2 Å². The Hall–Kier alpha value is -0.790. The lowest BCUT2D eigenvalue weighted by molar-refractivity contribution is 0.100. The van der Waals surface area contributed by atoms with Crippen LogP contribution in [-0.2, 0) is 15.1 Å². The fraction of sp³-hybridized carbons (Fsp3) is 0.636. The third kappa shape index (κ3) is 4.15. The van der Waals surface area contributed by atoms with E-state index < -0.39 is 15.6 Å². The Morgan fingerprint density at radius 1 is 1.56 bits per heavy atom. The molecule has 0 saturated heterocycles. The van der Waals surface area contributed by atoms with E-state index in [0.717, 1.165) is 5.01 Å². The van der Waals surface area contributed by atoms with Gasteiger partial charge in [-0.25, -0.2) is 9.19 Å². The van der Waals surface area contributed by atoms with Crippen LogP contribution in [0.15, 0.2) is 9.74 Å². The number of aliphatic hydroxyl groups is 1. The van der Waals surface area contributed by atoms with Gasteiger partial charge in [0.1, 0.15) is 5.69 Å². The summed E-state index contributed by atoms with van der Waals surface area (Å²) >= 11 is 1.39. The normalized spacial score (nSPS) is 15.2. The van der Waals surface area contributed by atoms with Crippen LogP contribution in [0.1, 0.15) is 36.3 Å². The van der Waals surface area contributed by atoms with Gasteiger partial charge in [0, 0.05) is 17.1 Å². The van der Waals surface area contributed by atoms with Gasteiger partial charge in [-0.2, -0.15) is 4.36 Å². The highest BCUT2D eigenvalue weighted by Gasteiger charge is 2.20. The Morgan fingerprint density at radius 3 is 2.61 bits per heavy atom. The second kappa shape index (κ2) is 5.46. The summed E-state index contributed by atoms with van der Waals surface area (Å²) in [4.78, 5) is 16.0. The monoisotopic (exact) mass is 290 g/mol. The number of carbonyl (C=O) groups is 1. The topological polar surface area (TPSA) is 79.6 Å². The molecular formula is C11H18N2O3S2. The van der Waals surface area contributed by atoms with Crippen molar-refractivity contribution in [2.75, 3.05) is 18.6 Å². The van der Waals surface area contributed by atoms with Crippen molar-refractivity contribution in [1.82, 2.24) is 4.98 Å². The van der Waals surface area contributed by atoms with Crippen LogP contribution in [0.4, 0.5) is 0 Å². The Balaban J connectivity index is 3.00. The summed E-state index contributed by atoms with van der Waals surface area (Å²) in [6, 6.07) is 0. The first-order valence-corrected chi connectivity index (χ1v) is 8.44. The molecular weight excluding hydrogens is 272 g/mol. The van der Waals surface area contributed by atoms with Gasteiger partial charge in [-0.15, -0.1) is 11.3 Å². The van der Waals surface area contributed by atoms with Gasteiger partial charge < -0.3 is 5.11 Å². The molecule has 0 fully saturated rings. The molecule has 1 aromatic heterocycles. The lowest BCUT2D eigenvalue weighted by Gasteiger charge is -2.13. The molecule has 18 heavy (non-hydrogen) atoms. The van der Waals surface area contributed by atoms with E-state index in [1.165, 1.54) is 17.6 Å². The number of aliphatic hydroxyl groups excluding tert-OH is 1. The third-order valence-corrected chi connectivity index (χ3v) is 4.87. The molecule has 7 heteroatoms. The third-order valence-electron chi connectivity index (χ3n) is 2.11. The predicted molar refractivity (Wildman–Crippen MR) is 73.6 cm³/mol. The van der Waals surface area contributed by atoms with E-state index in [1.807, 2.05) is 20.8 Å². The Kier molecular flexibility index (Phi) is 4.63. The maximum Gasteiger partial charge on any atom is 0.304 e. The summed E-state index contributed by atoms with van der Waals surface area (Å²) in [5, 5.41) is 11.2. The standard InChI is InChI=1S/C11H18N2O3S2/c1-11(2,3)10-12-8(7-17-10)9(15)13-18(4,16)6-5-14/h7,14H,5-6H2,1-4H3. The average molecular weight is 290 g/mol. The minimum absolute atomic E-state index is 0.00496. The van der Waals surface area contributed by atoms with Gasteiger partial charge in [-0.1, -0.05) is 20.8 Å². The number of carbonyl (C=O) groups excluding carboxylic acids is 1. The van der Waals surface area contributed by atoms with E-state index in [0.29, 0.717) is 0 Å². The molecule has 0 saturated carbocycles. The molecule has 0 aliphatic carbocycles. The van der Waals surface area contributed by atoms with Crippen molar-refractivity contribution >= 4 is 27.0 Å². The minimum atomic E-state index is -2.67. The van der Waals surface area contributed by atoms with Crippen molar-refractivity contribution in [2.24, 2.45) is 4.36 Å². The minimum Gasteiger partial charge on any atom is -0.395 e. The summed E-state index contributed by atoms with van der Waals surface area (Å²) in [5.74, 6) is -0.586. The van der Waals surface area contributed by atoms with E-state index in [4.69, 9.17) is 5.11 Å². The molecule has 1 aromatic rings. The molecule has 0 bridgehead atoms. The molecule has 1 amide bonds. The van der Waals surface area contributed by atoms with E-state index in [9.17, 15) is 9.00 Å². The highest BCUT2D eigenvalue weighted by atomic mass is 32.2.